The Bertz CT molecular complexity index is 2710. The molecule has 69 heavy (non-hydrogen) atoms. The van der Waals surface area contributed by atoms with Gasteiger partial charge in [0.1, 0.15) is 19.3 Å². The lowest BCUT2D eigenvalue weighted by molar-refractivity contribution is -0.308. The minimum Gasteiger partial charge on any atom is -0.467 e. The van der Waals surface area contributed by atoms with E-state index in [1.165, 1.54) is 55.5 Å². The van der Waals surface area contributed by atoms with Crippen LogP contribution in [-0.2, 0) is 42.7 Å². The molecule has 2 aliphatic rings. The van der Waals surface area contributed by atoms with Crippen LogP contribution in [0.5, 0.6) is 0 Å². The van der Waals surface area contributed by atoms with Crippen LogP contribution in [0.2, 0.25) is 0 Å². The van der Waals surface area contributed by atoms with Crippen LogP contribution in [0.4, 0.5) is 4.79 Å². The monoisotopic (exact) mass is 933 g/mol. The SMILES string of the molecule is COC(=O)[C@@H](NC(=O)OCC1c2ccccc2-c2ccccc21)[C@@H](C)O[C@H]1O[C@H](COC(=O)c2ccccc2)[C@@H](OC(=O)c2ccccc2)[C@H](OC(=O)c2ccccc2)[C@@H]1OC(=O)c1ccccc1. The highest BCUT2D eigenvalue weighted by molar-refractivity contribution is 5.92. The molecule has 0 aromatic heterocycles. The van der Waals surface area contributed by atoms with Crippen LogP contribution in [-0.4, -0.2) is 99.1 Å². The van der Waals surface area contributed by atoms with Gasteiger partial charge in [-0.3, -0.25) is 0 Å². The Hall–Kier alpha value is -8.14. The zero-order valence-corrected chi connectivity index (χ0v) is 37.4. The molecule has 15 nitrogen and oxygen atoms in total. The molecular formula is C54H47NO14. The second-order valence-electron chi connectivity index (χ2n) is 16.0. The number of amides is 1. The zero-order valence-electron chi connectivity index (χ0n) is 37.4. The molecule has 1 saturated heterocycles. The number of esters is 5. The van der Waals surface area contributed by atoms with E-state index in [0.29, 0.717) is 0 Å². The van der Waals surface area contributed by atoms with Crippen molar-refractivity contribution in [1.29, 1.82) is 0 Å². The number of benzene rings is 6. The van der Waals surface area contributed by atoms with Crippen LogP contribution in [0.1, 0.15) is 65.4 Å². The van der Waals surface area contributed by atoms with Crippen LogP contribution >= 0.6 is 0 Å². The second-order valence-corrected chi connectivity index (χ2v) is 16.0. The highest BCUT2D eigenvalue weighted by Gasteiger charge is 2.54. The average Bonchev–Trinajstić information content (AvgIpc) is 3.72. The molecule has 1 aliphatic carbocycles. The Balaban J connectivity index is 1.12. The molecule has 1 N–H and O–H groups in total. The Morgan fingerprint density at radius 3 is 1.41 bits per heavy atom. The molecule has 6 aromatic carbocycles. The molecule has 6 aromatic rings. The van der Waals surface area contributed by atoms with E-state index >= 15 is 0 Å². The van der Waals surface area contributed by atoms with Crippen LogP contribution < -0.4 is 5.32 Å². The number of carbonyl (C=O) groups is 6. The van der Waals surface area contributed by atoms with Gasteiger partial charge in [0.2, 0.25) is 0 Å². The summed E-state index contributed by atoms with van der Waals surface area (Å²) in [4.78, 5) is 82.6. The summed E-state index contributed by atoms with van der Waals surface area (Å²) in [5.74, 6) is -4.74. The van der Waals surface area contributed by atoms with Gasteiger partial charge in [0.15, 0.2) is 30.6 Å². The largest absolute Gasteiger partial charge is 0.467 e. The maximum absolute atomic E-state index is 14.1. The summed E-state index contributed by atoms with van der Waals surface area (Å²) >= 11 is 0. The standard InChI is InChI=1S/C54H47NO14/c1-33(44(52(60)62-2)55-54(61)64-31-42-40-29-17-15-27-38(40)39-28-16-18-30-41(39)42)65-53-47(69-51(59)37-25-13-6-14-26-37)46(68-50(58)36-23-11-5-12-24-36)45(67-49(57)35-21-9-4-10-22-35)43(66-53)32-63-48(56)34-19-7-3-8-20-34/h3-30,33,42-47,53H,31-32H2,1-2H3,(H,55,61)/t33-,43-,44+,45-,46+,47+,53+/m1/s1. The fraction of sp³-hybridized carbons (Fsp3) is 0.222. The van der Waals surface area contributed by atoms with Gasteiger partial charge in [0, 0.05) is 5.92 Å². The topological polar surface area (TPSA) is 188 Å². The first kappa shape index (κ1) is 47.4. The van der Waals surface area contributed by atoms with E-state index in [1.54, 1.807) is 72.8 Å². The highest BCUT2D eigenvalue weighted by atomic mass is 16.7. The molecule has 1 aliphatic heterocycles. The van der Waals surface area contributed by atoms with Gasteiger partial charge in [-0.1, -0.05) is 121 Å². The molecule has 0 radical (unpaired) electrons. The predicted molar refractivity (Wildman–Crippen MR) is 247 cm³/mol. The van der Waals surface area contributed by atoms with Gasteiger partial charge in [-0.2, -0.15) is 0 Å². The van der Waals surface area contributed by atoms with Crippen molar-refractivity contribution in [3.63, 3.8) is 0 Å². The van der Waals surface area contributed by atoms with Gasteiger partial charge < -0.3 is 43.2 Å². The molecule has 1 amide bonds. The first-order valence-electron chi connectivity index (χ1n) is 22.1. The number of nitrogens with one attached hydrogen (secondary N) is 1. The minimum absolute atomic E-state index is 0.0762. The van der Waals surface area contributed by atoms with Crippen LogP contribution in [0.3, 0.4) is 0 Å². The summed E-state index contributed by atoms with van der Waals surface area (Å²) in [6.07, 6.45) is -10.8. The predicted octanol–water partition coefficient (Wildman–Crippen LogP) is 7.73. The molecule has 352 valence electrons. The van der Waals surface area contributed by atoms with Crippen molar-refractivity contribution in [3.05, 3.63) is 203 Å². The number of rotatable bonds is 16. The van der Waals surface area contributed by atoms with Gasteiger partial charge in [0.25, 0.3) is 0 Å². The molecule has 1 fully saturated rings. The Morgan fingerprint density at radius 2 is 0.928 bits per heavy atom. The van der Waals surface area contributed by atoms with Crippen molar-refractivity contribution in [2.45, 2.75) is 55.7 Å². The number of ether oxygens (including phenoxy) is 8. The summed E-state index contributed by atoms with van der Waals surface area (Å²) < 4.78 is 47.8. The lowest BCUT2D eigenvalue weighted by atomic mass is 9.97. The van der Waals surface area contributed by atoms with Crippen molar-refractivity contribution in [1.82, 2.24) is 5.32 Å². The quantitative estimate of drug-likeness (QED) is 0.0733. The van der Waals surface area contributed by atoms with Gasteiger partial charge in [-0.05, 0) is 77.7 Å². The molecule has 1 heterocycles. The Labute approximate surface area is 397 Å². The van der Waals surface area contributed by atoms with Crippen molar-refractivity contribution in [3.8, 4) is 11.1 Å². The summed E-state index contributed by atoms with van der Waals surface area (Å²) in [6, 6.07) is 45.8. The summed E-state index contributed by atoms with van der Waals surface area (Å²) in [5, 5.41) is 2.55. The van der Waals surface area contributed by atoms with E-state index in [0.717, 1.165) is 29.4 Å². The molecule has 8 rings (SSSR count). The van der Waals surface area contributed by atoms with Crippen molar-refractivity contribution in [2.24, 2.45) is 0 Å². The normalized spacial score (nSPS) is 19.0. The van der Waals surface area contributed by atoms with Gasteiger partial charge in [-0.25, -0.2) is 28.8 Å². The smallest absolute Gasteiger partial charge is 0.407 e. The third kappa shape index (κ3) is 11.2. The molecule has 7 atom stereocenters. The highest BCUT2D eigenvalue weighted by Crippen LogP contribution is 2.44. The van der Waals surface area contributed by atoms with E-state index in [2.05, 4.69) is 5.32 Å². The number of fused-ring (bicyclic) bond motifs is 3. The van der Waals surface area contributed by atoms with E-state index in [9.17, 15) is 28.8 Å². The van der Waals surface area contributed by atoms with E-state index in [-0.39, 0.29) is 34.8 Å². The summed E-state index contributed by atoms with van der Waals surface area (Å²) in [7, 11) is 1.12. The molecule has 0 bridgehead atoms. The number of hydrogen-bond donors (Lipinski definition) is 1. The second kappa shape index (κ2) is 22.1. The van der Waals surface area contributed by atoms with Crippen molar-refractivity contribution < 1.29 is 66.7 Å². The lowest BCUT2D eigenvalue weighted by Gasteiger charge is -2.45. The Kier molecular flexibility index (Phi) is 15.2. The molecule has 0 spiro atoms. The molecular weight excluding hydrogens is 887 g/mol. The van der Waals surface area contributed by atoms with Gasteiger partial charge in [-0.15, -0.1) is 0 Å². The van der Waals surface area contributed by atoms with Crippen molar-refractivity contribution in [2.75, 3.05) is 20.3 Å². The van der Waals surface area contributed by atoms with Gasteiger partial charge in [0.05, 0.1) is 35.5 Å². The number of hydrogen-bond acceptors (Lipinski definition) is 14. The molecule has 0 saturated carbocycles. The number of carbonyl (C=O) groups excluding carboxylic acids is 6. The lowest BCUT2D eigenvalue weighted by Crippen LogP contribution is -2.64. The van der Waals surface area contributed by atoms with Crippen molar-refractivity contribution >= 4 is 35.9 Å². The molecule has 15 heteroatoms. The Morgan fingerprint density at radius 1 is 0.507 bits per heavy atom. The zero-order chi connectivity index (χ0) is 48.3. The molecule has 0 unspecified atom stereocenters. The summed E-state index contributed by atoms with van der Waals surface area (Å²) in [6.45, 7) is 0.723. The number of methoxy groups -OCH3 is 1. The minimum atomic E-state index is -1.79. The van der Waals surface area contributed by atoms with Crippen LogP contribution in [0.15, 0.2) is 170 Å². The third-order valence-corrected chi connectivity index (χ3v) is 11.6. The summed E-state index contributed by atoms with van der Waals surface area (Å²) in [5.41, 5.74) is 4.44. The van der Waals surface area contributed by atoms with E-state index in [4.69, 9.17) is 37.9 Å². The van der Waals surface area contributed by atoms with E-state index in [1.807, 2.05) is 48.5 Å². The first-order chi connectivity index (χ1) is 33.6. The third-order valence-electron chi connectivity index (χ3n) is 11.6. The van der Waals surface area contributed by atoms with E-state index < -0.39 is 85.4 Å². The maximum atomic E-state index is 14.1. The fourth-order valence-electron chi connectivity index (χ4n) is 8.19. The first-order valence-corrected chi connectivity index (χ1v) is 22.1. The fourth-order valence-corrected chi connectivity index (χ4v) is 8.19. The average molecular weight is 934 g/mol. The van der Waals surface area contributed by atoms with Gasteiger partial charge >= 0.3 is 35.9 Å². The maximum Gasteiger partial charge on any atom is 0.407 e. The van der Waals surface area contributed by atoms with Crippen LogP contribution in [0, 0.1) is 0 Å². The van der Waals surface area contributed by atoms with Crippen LogP contribution in [0.25, 0.3) is 11.1 Å². The number of alkyl carbamates (subject to hydrolysis) is 1.